The number of amides is 2. The first-order chi connectivity index (χ1) is 14.3. The lowest BCUT2D eigenvalue weighted by Crippen LogP contribution is -2.55. The number of carbonyl (C=O) groups excluding carboxylic acids is 3. The van der Waals surface area contributed by atoms with Gasteiger partial charge in [0.2, 0.25) is 5.12 Å². The maximum absolute atomic E-state index is 12.9. The van der Waals surface area contributed by atoms with Crippen LogP contribution in [0.3, 0.4) is 0 Å². The molecule has 4 rings (SSSR count). The molecular weight excluding hydrogens is 404 g/mol. The summed E-state index contributed by atoms with van der Waals surface area (Å²) >= 11 is 0.647. The molecule has 0 bridgehead atoms. The molecule has 1 fully saturated rings. The van der Waals surface area contributed by atoms with E-state index in [-0.39, 0.29) is 22.0 Å². The Hall–Kier alpha value is -3.26. The van der Waals surface area contributed by atoms with Crippen LogP contribution in [0.4, 0.5) is 4.79 Å². The summed E-state index contributed by atoms with van der Waals surface area (Å²) in [5.74, 6) is 1.13. The summed E-state index contributed by atoms with van der Waals surface area (Å²) in [6.07, 6.45) is 1.62. The molecule has 0 atom stereocenters. The van der Waals surface area contributed by atoms with Gasteiger partial charge in [-0.2, -0.15) is 0 Å². The predicted octanol–water partition coefficient (Wildman–Crippen LogP) is 3.66. The summed E-state index contributed by atoms with van der Waals surface area (Å²) in [7, 11) is 0. The summed E-state index contributed by atoms with van der Waals surface area (Å²) in [4.78, 5) is 37.4. The van der Waals surface area contributed by atoms with Crippen LogP contribution in [-0.4, -0.2) is 40.0 Å². The maximum Gasteiger partial charge on any atom is 0.291 e. The van der Waals surface area contributed by atoms with Crippen LogP contribution in [0.1, 0.15) is 29.8 Å². The third kappa shape index (κ3) is 4.04. The van der Waals surface area contributed by atoms with Crippen molar-refractivity contribution in [2.24, 2.45) is 0 Å². The molecule has 1 saturated heterocycles. The number of thioether (sulfide) groups is 1. The monoisotopic (exact) mass is 424 g/mol. The molecule has 0 aliphatic carbocycles. The van der Waals surface area contributed by atoms with Gasteiger partial charge in [-0.3, -0.25) is 19.3 Å². The fraction of sp³-hybridized carbons (Fsp3) is 0.227. The summed E-state index contributed by atoms with van der Waals surface area (Å²) in [6.45, 7) is 4.37. The van der Waals surface area contributed by atoms with E-state index in [4.69, 9.17) is 9.47 Å². The molecule has 7 nitrogen and oxygen atoms in total. The van der Waals surface area contributed by atoms with Crippen molar-refractivity contribution in [1.29, 1.82) is 0 Å². The highest BCUT2D eigenvalue weighted by molar-refractivity contribution is 8.27. The number of nitrogens with one attached hydrogen (secondary N) is 1. The minimum Gasteiger partial charge on any atom is -0.492 e. The van der Waals surface area contributed by atoms with Crippen molar-refractivity contribution in [2.45, 2.75) is 19.6 Å². The van der Waals surface area contributed by atoms with E-state index < -0.39 is 5.72 Å². The first kappa shape index (κ1) is 20.0. The van der Waals surface area contributed by atoms with Crippen LogP contribution in [-0.2, 0) is 4.79 Å². The van der Waals surface area contributed by atoms with E-state index in [9.17, 15) is 14.4 Å². The van der Waals surface area contributed by atoms with Gasteiger partial charge in [0.1, 0.15) is 18.1 Å². The molecule has 30 heavy (non-hydrogen) atoms. The first-order valence-corrected chi connectivity index (χ1v) is 10.2. The van der Waals surface area contributed by atoms with Crippen molar-refractivity contribution >= 4 is 34.1 Å². The third-order valence-electron chi connectivity index (χ3n) is 4.79. The summed E-state index contributed by atoms with van der Waals surface area (Å²) < 4.78 is 11.8. The molecule has 2 amide bonds. The zero-order valence-electron chi connectivity index (χ0n) is 16.5. The first-order valence-electron chi connectivity index (χ1n) is 9.41. The quantitative estimate of drug-likeness (QED) is 0.738. The normalized spacial score (nSPS) is 18.8. The van der Waals surface area contributed by atoms with Crippen molar-refractivity contribution in [3.63, 3.8) is 0 Å². The lowest BCUT2D eigenvalue weighted by Gasteiger charge is -2.42. The SMILES string of the molecule is CC1(C)Oc2ccccc2C(=O)N1CCOc1ccc(C=C2NC(=O)SC2=O)cc1. The Morgan fingerprint density at radius 1 is 1.10 bits per heavy atom. The second kappa shape index (κ2) is 7.87. The molecule has 2 aliphatic rings. The van der Waals surface area contributed by atoms with Crippen LogP contribution in [0.25, 0.3) is 6.08 Å². The number of para-hydroxylation sites is 1. The summed E-state index contributed by atoms with van der Waals surface area (Å²) in [5, 5.41) is 1.85. The Bertz CT molecular complexity index is 1050. The average molecular weight is 424 g/mol. The van der Waals surface area contributed by atoms with E-state index >= 15 is 0 Å². The smallest absolute Gasteiger partial charge is 0.291 e. The number of nitrogens with zero attached hydrogens (tertiary/aromatic N) is 1. The topological polar surface area (TPSA) is 84.9 Å². The van der Waals surface area contributed by atoms with Crippen LogP contribution in [0.2, 0.25) is 0 Å². The number of rotatable bonds is 5. The molecule has 0 radical (unpaired) electrons. The summed E-state index contributed by atoms with van der Waals surface area (Å²) in [6, 6.07) is 14.3. The zero-order valence-corrected chi connectivity index (χ0v) is 17.3. The van der Waals surface area contributed by atoms with E-state index in [1.54, 1.807) is 47.4 Å². The second-order valence-corrected chi connectivity index (χ2v) is 8.22. The molecule has 2 aromatic carbocycles. The predicted molar refractivity (Wildman–Crippen MR) is 113 cm³/mol. The van der Waals surface area contributed by atoms with Crippen molar-refractivity contribution in [3.8, 4) is 11.5 Å². The molecule has 2 aliphatic heterocycles. The standard InChI is InChI=1S/C22H20N2O5S/c1-22(2)24(19(25)16-5-3-4-6-18(16)29-22)11-12-28-15-9-7-14(8-10-15)13-17-20(26)30-21(27)23-17/h3-10,13H,11-12H2,1-2H3,(H,23,27). The Labute approximate surface area is 178 Å². The van der Waals surface area contributed by atoms with Crippen molar-refractivity contribution in [3.05, 3.63) is 65.4 Å². The molecule has 0 aromatic heterocycles. The molecule has 154 valence electrons. The number of benzene rings is 2. The molecule has 0 unspecified atom stereocenters. The fourth-order valence-electron chi connectivity index (χ4n) is 3.32. The van der Waals surface area contributed by atoms with E-state index in [0.717, 1.165) is 5.56 Å². The lowest BCUT2D eigenvalue weighted by atomic mass is 10.1. The van der Waals surface area contributed by atoms with Crippen molar-refractivity contribution in [1.82, 2.24) is 10.2 Å². The van der Waals surface area contributed by atoms with E-state index in [1.165, 1.54) is 0 Å². The number of hydrogen-bond acceptors (Lipinski definition) is 6. The molecule has 1 N–H and O–H groups in total. The highest BCUT2D eigenvalue weighted by Crippen LogP contribution is 2.33. The summed E-state index contributed by atoms with van der Waals surface area (Å²) in [5.41, 5.74) is 0.803. The molecule has 8 heteroatoms. The zero-order chi connectivity index (χ0) is 21.3. The highest BCUT2D eigenvalue weighted by Gasteiger charge is 2.39. The fourth-order valence-corrected chi connectivity index (χ4v) is 3.87. The van der Waals surface area contributed by atoms with Gasteiger partial charge < -0.3 is 14.8 Å². The van der Waals surface area contributed by atoms with E-state index in [1.807, 2.05) is 26.0 Å². The largest absolute Gasteiger partial charge is 0.492 e. The average Bonchev–Trinajstić information content (AvgIpc) is 3.02. The number of hydrogen-bond donors (Lipinski definition) is 1. The van der Waals surface area contributed by atoms with Gasteiger partial charge in [-0.25, -0.2) is 0 Å². The molecule has 0 saturated carbocycles. The van der Waals surface area contributed by atoms with Gasteiger partial charge >= 0.3 is 0 Å². The van der Waals surface area contributed by atoms with Crippen molar-refractivity contribution in [2.75, 3.05) is 13.2 Å². The highest BCUT2D eigenvalue weighted by atomic mass is 32.2. The van der Waals surface area contributed by atoms with Gasteiger partial charge in [-0.1, -0.05) is 24.3 Å². The van der Waals surface area contributed by atoms with Crippen LogP contribution >= 0.6 is 11.8 Å². The Kier molecular flexibility index (Phi) is 5.26. The Morgan fingerprint density at radius 2 is 1.83 bits per heavy atom. The van der Waals surface area contributed by atoms with Crippen LogP contribution < -0.4 is 14.8 Å². The van der Waals surface area contributed by atoms with Crippen LogP contribution in [0, 0.1) is 0 Å². The third-order valence-corrected chi connectivity index (χ3v) is 5.48. The lowest BCUT2D eigenvalue weighted by molar-refractivity contribution is -0.107. The van der Waals surface area contributed by atoms with E-state index in [2.05, 4.69) is 5.32 Å². The number of ether oxygens (including phenoxy) is 2. The maximum atomic E-state index is 12.9. The van der Waals surface area contributed by atoms with Crippen molar-refractivity contribution < 1.29 is 23.9 Å². The van der Waals surface area contributed by atoms with Gasteiger partial charge in [-0.15, -0.1) is 0 Å². The molecule has 2 aromatic rings. The number of fused-ring (bicyclic) bond motifs is 1. The number of carbonyl (C=O) groups is 3. The van der Waals surface area contributed by atoms with Gasteiger partial charge in [0, 0.05) is 11.8 Å². The second-order valence-electron chi connectivity index (χ2n) is 7.28. The minimum atomic E-state index is -0.777. The molecule has 0 spiro atoms. The van der Waals surface area contributed by atoms with Crippen LogP contribution in [0.15, 0.2) is 54.2 Å². The Balaban J connectivity index is 1.37. The van der Waals surface area contributed by atoms with Gasteiger partial charge in [0.05, 0.1) is 17.8 Å². The minimum absolute atomic E-state index is 0.0893. The molecule has 2 heterocycles. The van der Waals surface area contributed by atoms with E-state index in [0.29, 0.717) is 42.0 Å². The van der Waals surface area contributed by atoms with Crippen LogP contribution in [0.5, 0.6) is 11.5 Å². The van der Waals surface area contributed by atoms with Gasteiger partial charge in [0.25, 0.3) is 11.1 Å². The van der Waals surface area contributed by atoms with Gasteiger partial charge in [-0.05, 0) is 49.8 Å². The van der Waals surface area contributed by atoms with Gasteiger partial charge in [0.15, 0.2) is 5.72 Å². The Morgan fingerprint density at radius 3 is 2.53 bits per heavy atom. The molecular formula is C22H20N2O5S.